The third-order valence-corrected chi connectivity index (χ3v) is 2.98. The molecule has 4 heteroatoms. The molecule has 0 aliphatic heterocycles. The number of nitrogens with zero attached hydrogens (tertiary/aromatic N) is 2. The van der Waals surface area contributed by atoms with Gasteiger partial charge in [-0.1, -0.05) is 24.3 Å². The van der Waals surface area contributed by atoms with Crippen molar-refractivity contribution in [3.8, 4) is 0 Å². The summed E-state index contributed by atoms with van der Waals surface area (Å²) in [6.45, 7) is 3.34. The third-order valence-electron chi connectivity index (χ3n) is 2.98. The van der Waals surface area contributed by atoms with Crippen molar-refractivity contribution < 1.29 is 4.79 Å². The van der Waals surface area contributed by atoms with Crippen LogP contribution in [0, 0.1) is 0 Å². The van der Waals surface area contributed by atoms with E-state index in [0.717, 1.165) is 17.5 Å². The van der Waals surface area contributed by atoms with Crippen molar-refractivity contribution >= 4 is 16.9 Å². The molecule has 0 saturated carbocycles. The number of imidazole rings is 1. The summed E-state index contributed by atoms with van der Waals surface area (Å²) in [7, 11) is 0. The smallest absolute Gasteiger partial charge is 0.221 e. The summed E-state index contributed by atoms with van der Waals surface area (Å²) in [6, 6.07) is 7.95. The van der Waals surface area contributed by atoms with Crippen molar-refractivity contribution in [2.45, 2.75) is 26.3 Å². The molecule has 1 aromatic heterocycles. The molecule has 0 saturated heterocycles. The zero-order valence-electron chi connectivity index (χ0n) is 11.2. The first-order chi connectivity index (χ1) is 9.31. The molecule has 2 rings (SSSR count). The Kier molecular flexibility index (Phi) is 4.72. The number of nitrogens with one attached hydrogen (secondary N) is 1. The van der Waals surface area contributed by atoms with E-state index in [1.54, 1.807) is 6.33 Å². The van der Waals surface area contributed by atoms with Crippen LogP contribution in [0.25, 0.3) is 11.0 Å². The van der Waals surface area contributed by atoms with Gasteiger partial charge in [-0.2, -0.15) is 0 Å². The normalized spacial score (nSPS) is 11.2. The number of carbonyl (C=O) groups excluding carboxylic acids is 1. The van der Waals surface area contributed by atoms with Gasteiger partial charge in [0.05, 0.1) is 17.4 Å². The lowest BCUT2D eigenvalue weighted by Gasteiger charge is -2.05. The third kappa shape index (κ3) is 3.68. The number of aryl methyl sites for hydroxylation is 1. The minimum Gasteiger partial charge on any atom is -0.356 e. The lowest BCUT2D eigenvalue weighted by Crippen LogP contribution is -2.25. The van der Waals surface area contributed by atoms with Crippen LogP contribution in [0.3, 0.4) is 0 Å². The Morgan fingerprint density at radius 3 is 3.11 bits per heavy atom. The van der Waals surface area contributed by atoms with Crippen LogP contribution in [-0.4, -0.2) is 22.0 Å². The molecule has 0 aliphatic carbocycles. The highest BCUT2D eigenvalue weighted by molar-refractivity contribution is 5.77. The molecule has 0 atom stereocenters. The zero-order chi connectivity index (χ0) is 13.5. The quantitative estimate of drug-likeness (QED) is 0.638. The molecule has 0 unspecified atom stereocenters. The molecule has 2 aromatic rings. The average Bonchev–Trinajstić information content (AvgIpc) is 2.85. The van der Waals surface area contributed by atoms with Gasteiger partial charge in [-0.25, -0.2) is 4.98 Å². The number of amides is 1. The highest BCUT2D eigenvalue weighted by Gasteiger charge is 2.04. The highest BCUT2D eigenvalue weighted by atomic mass is 16.1. The first-order valence-electron chi connectivity index (χ1n) is 6.59. The summed E-state index contributed by atoms with van der Waals surface area (Å²) in [5.41, 5.74) is 2.04. The lowest BCUT2D eigenvalue weighted by atomic mass is 10.3. The van der Waals surface area contributed by atoms with Gasteiger partial charge in [0, 0.05) is 19.5 Å². The van der Waals surface area contributed by atoms with E-state index < -0.39 is 0 Å². The summed E-state index contributed by atoms with van der Waals surface area (Å²) < 4.78 is 2.01. The number of fused-ring (bicyclic) bond motifs is 1. The topological polar surface area (TPSA) is 46.9 Å². The fourth-order valence-electron chi connectivity index (χ4n) is 1.96. The van der Waals surface area contributed by atoms with Crippen LogP contribution in [-0.2, 0) is 11.3 Å². The Morgan fingerprint density at radius 1 is 1.42 bits per heavy atom. The second-order valence-electron chi connectivity index (χ2n) is 4.38. The maximum absolute atomic E-state index is 11.7. The molecule has 0 radical (unpaired) electrons. The van der Waals surface area contributed by atoms with Gasteiger partial charge >= 0.3 is 0 Å². The first-order valence-corrected chi connectivity index (χ1v) is 6.59. The summed E-state index contributed by atoms with van der Waals surface area (Å²) in [6.07, 6.45) is 7.19. The fraction of sp³-hybridized carbons (Fsp3) is 0.333. The molecule has 0 aliphatic rings. The number of hydrogen-bond donors (Lipinski definition) is 1. The van der Waals surface area contributed by atoms with E-state index in [1.165, 1.54) is 0 Å². The number of hydrogen-bond acceptors (Lipinski definition) is 2. The molecular weight excluding hydrogens is 238 g/mol. The molecule has 1 heterocycles. The van der Waals surface area contributed by atoms with Crippen molar-refractivity contribution in [2.75, 3.05) is 6.54 Å². The van der Waals surface area contributed by atoms with E-state index >= 15 is 0 Å². The molecule has 1 amide bonds. The number of aromatic nitrogens is 2. The molecule has 0 spiro atoms. The van der Waals surface area contributed by atoms with Gasteiger partial charge in [-0.15, -0.1) is 0 Å². The Bertz CT molecular complexity index is 572. The fourth-order valence-corrected chi connectivity index (χ4v) is 1.96. The monoisotopic (exact) mass is 257 g/mol. The van der Waals surface area contributed by atoms with E-state index in [9.17, 15) is 4.79 Å². The van der Waals surface area contributed by atoms with Crippen LogP contribution < -0.4 is 5.32 Å². The Hall–Kier alpha value is -2.10. The summed E-state index contributed by atoms with van der Waals surface area (Å²) in [5, 5.41) is 2.90. The molecule has 4 nitrogen and oxygen atoms in total. The van der Waals surface area contributed by atoms with Crippen LogP contribution in [0.15, 0.2) is 42.7 Å². The van der Waals surface area contributed by atoms with Gasteiger partial charge in [-0.3, -0.25) is 4.79 Å². The predicted octanol–water partition coefficient (Wildman–Crippen LogP) is 2.51. The lowest BCUT2D eigenvalue weighted by molar-refractivity contribution is -0.121. The average molecular weight is 257 g/mol. The van der Waals surface area contributed by atoms with Gasteiger partial charge < -0.3 is 9.88 Å². The largest absolute Gasteiger partial charge is 0.356 e. The van der Waals surface area contributed by atoms with Crippen molar-refractivity contribution in [1.29, 1.82) is 0 Å². The molecule has 19 heavy (non-hydrogen) atoms. The van der Waals surface area contributed by atoms with E-state index in [1.807, 2.05) is 47.9 Å². The first kappa shape index (κ1) is 13.3. The van der Waals surface area contributed by atoms with Crippen molar-refractivity contribution in [3.05, 3.63) is 42.7 Å². The molecule has 100 valence electrons. The highest BCUT2D eigenvalue weighted by Crippen LogP contribution is 2.11. The second kappa shape index (κ2) is 6.73. The standard InChI is InChI=1S/C15H19N3O/c1-2-3-6-10-16-15(19)9-11-18-12-17-13-7-4-5-8-14(13)18/h2-5,7-8,12H,6,9-11H2,1H3,(H,16,19)/b3-2+. The van der Waals surface area contributed by atoms with Crippen molar-refractivity contribution in [3.63, 3.8) is 0 Å². The van der Waals surface area contributed by atoms with Gasteiger partial charge in [0.15, 0.2) is 0 Å². The molecule has 1 aromatic carbocycles. The Morgan fingerprint density at radius 2 is 2.26 bits per heavy atom. The molecule has 0 bridgehead atoms. The van der Waals surface area contributed by atoms with E-state index in [4.69, 9.17) is 0 Å². The number of carbonyl (C=O) groups is 1. The maximum Gasteiger partial charge on any atom is 0.221 e. The van der Waals surface area contributed by atoms with E-state index in [0.29, 0.717) is 19.5 Å². The predicted molar refractivity (Wildman–Crippen MR) is 76.8 cm³/mol. The maximum atomic E-state index is 11.7. The SMILES string of the molecule is C/C=C/CCNC(=O)CCn1cnc2ccccc21. The minimum absolute atomic E-state index is 0.0854. The van der Waals surface area contributed by atoms with Gasteiger partial charge in [0.25, 0.3) is 0 Å². The number of benzene rings is 1. The van der Waals surface area contributed by atoms with Crippen LogP contribution in [0.4, 0.5) is 0 Å². The van der Waals surface area contributed by atoms with Crippen LogP contribution in [0.5, 0.6) is 0 Å². The Labute approximate surface area is 113 Å². The molecule has 1 N–H and O–H groups in total. The summed E-state index contributed by atoms with van der Waals surface area (Å²) in [4.78, 5) is 16.0. The van der Waals surface area contributed by atoms with Crippen LogP contribution in [0.1, 0.15) is 19.8 Å². The second-order valence-corrected chi connectivity index (χ2v) is 4.38. The van der Waals surface area contributed by atoms with Gasteiger partial charge in [-0.05, 0) is 25.5 Å². The van der Waals surface area contributed by atoms with Gasteiger partial charge in [0.1, 0.15) is 0 Å². The van der Waals surface area contributed by atoms with Crippen molar-refractivity contribution in [1.82, 2.24) is 14.9 Å². The zero-order valence-corrected chi connectivity index (χ0v) is 11.2. The molecule has 0 fully saturated rings. The van der Waals surface area contributed by atoms with E-state index in [2.05, 4.69) is 10.3 Å². The van der Waals surface area contributed by atoms with Crippen LogP contribution in [0.2, 0.25) is 0 Å². The Balaban J connectivity index is 1.83. The molecular formula is C15H19N3O. The number of para-hydroxylation sites is 2. The minimum atomic E-state index is 0.0854. The number of allylic oxidation sites excluding steroid dienone is 1. The van der Waals surface area contributed by atoms with Crippen LogP contribution >= 0.6 is 0 Å². The summed E-state index contributed by atoms with van der Waals surface area (Å²) in [5.74, 6) is 0.0854. The van der Waals surface area contributed by atoms with Gasteiger partial charge in [0.2, 0.25) is 5.91 Å². The summed E-state index contributed by atoms with van der Waals surface area (Å²) >= 11 is 0. The number of rotatable bonds is 6. The van der Waals surface area contributed by atoms with Crippen molar-refractivity contribution in [2.24, 2.45) is 0 Å². The van der Waals surface area contributed by atoms with E-state index in [-0.39, 0.29) is 5.91 Å².